The Balaban J connectivity index is 0.00000230. The van der Waals surface area contributed by atoms with E-state index in [2.05, 4.69) is 89.6 Å². The van der Waals surface area contributed by atoms with Crippen molar-refractivity contribution in [3.05, 3.63) is 81.9 Å². The van der Waals surface area contributed by atoms with Crippen molar-refractivity contribution in [2.75, 3.05) is 0 Å². The van der Waals surface area contributed by atoms with Crippen molar-refractivity contribution >= 4 is 35.7 Å². The largest absolute Gasteiger partial charge is 2.00 e. The summed E-state index contributed by atoms with van der Waals surface area (Å²) in [6, 6.07) is 16.1. The molecule has 2 N–H and O–H groups in total. The Morgan fingerprint density at radius 3 is 1.10 bits per heavy atom. The second-order valence-corrected chi connectivity index (χ2v) is 13.8. The van der Waals surface area contributed by atoms with E-state index in [0.29, 0.717) is 35.2 Å². The molecule has 0 fully saturated rings. The molecule has 8 nitrogen and oxygen atoms in total. The first-order chi connectivity index (χ1) is 22.4. The topological polar surface area (TPSA) is 145 Å². The van der Waals surface area contributed by atoms with Crippen molar-refractivity contribution in [3.8, 4) is 11.5 Å². The smallest absolute Gasteiger partial charge is 0.550 e. The molecule has 1 radical (unpaired) electrons. The van der Waals surface area contributed by atoms with Gasteiger partial charge in [-0.05, 0) is 122 Å². The van der Waals surface area contributed by atoms with Crippen molar-refractivity contribution in [3.63, 3.8) is 0 Å². The first-order valence-electron chi connectivity index (χ1n) is 16.6. The van der Waals surface area contributed by atoms with Gasteiger partial charge in [0.05, 0.1) is 11.4 Å². The standard InChI is InChI=1S/C36H48N2O2.2C2H4O2.Co/c1-23(2)13-27-17-29(15-25(5)6)35(39)31(19-27)21-37-33-9-11-34(12-10-33)38-22-32-20-28(14-24(3)4)18-30(36(32)40)16-26(7)8;2*1-2(3)4;/h9-12,17-26,39-40H,13-16H2,1-8H3;2*1H3,(H,3,4);/q;;;+2/p-2. The van der Waals surface area contributed by atoms with Crippen LogP contribution in [0.25, 0.3) is 0 Å². The quantitative estimate of drug-likeness (QED) is 0.195. The molecule has 0 aliphatic heterocycles. The van der Waals surface area contributed by atoms with Gasteiger partial charge in [0.15, 0.2) is 0 Å². The van der Waals surface area contributed by atoms with Crippen LogP contribution in [-0.4, -0.2) is 34.6 Å². The molecule has 0 bridgehead atoms. The third kappa shape index (κ3) is 19.0. The molecule has 0 amide bonds. The molecule has 0 heterocycles. The Bertz CT molecular complexity index is 1400. The molecule has 3 aromatic rings. The van der Waals surface area contributed by atoms with Crippen LogP contribution < -0.4 is 10.2 Å². The Labute approximate surface area is 303 Å². The molecule has 49 heavy (non-hydrogen) atoms. The van der Waals surface area contributed by atoms with E-state index in [1.54, 1.807) is 12.4 Å². The Kier molecular flexibility index (Phi) is 20.8. The van der Waals surface area contributed by atoms with Gasteiger partial charge in [0.1, 0.15) is 11.5 Å². The minimum atomic E-state index is -1.08. The summed E-state index contributed by atoms with van der Waals surface area (Å²) in [6.07, 6.45) is 7.12. The fourth-order valence-electron chi connectivity index (χ4n) is 5.05. The second kappa shape index (κ2) is 22.6. The van der Waals surface area contributed by atoms with Gasteiger partial charge in [-0.2, -0.15) is 0 Å². The number of carboxylic acid groups (broad SMARTS) is 2. The number of carbonyl (C=O) groups excluding carboxylic acids is 2. The van der Waals surface area contributed by atoms with Gasteiger partial charge >= 0.3 is 16.8 Å². The summed E-state index contributed by atoms with van der Waals surface area (Å²) in [5.74, 6) is 0.468. The van der Waals surface area contributed by atoms with Crippen LogP contribution in [0.4, 0.5) is 11.4 Å². The zero-order valence-electron chi connectivity index (χ0n) is 30.7. The Morgan fingerprint density at radius 1 is 0.592 bits per heavy atom. The van der Waals surface area contributed by atoms with Crippen molar-refractivity contribution in [2.24, 2.45) is 33.7 Å². The van der Waals surface area contributed by atoms with E-state index in [9.17, 15) is 10.2 Å². The summed E-state index contributed by atoms with van der Waals surface area (Å²) in [6.45, 7) is 19.5. The number of nitrogens with zero attached hydrogens (tertiary/aromatic N) is 2. The average molecular weight is 718 g/mol. The normalized spacial score (nSPS) is 11.1. The monoisotopic (exact) mass is 717 g/mol. The zero-order chi connectivity index (χ0) is 36.6. The number of carbonyl (C=O) groups is 2. The van der Waals surface area contributed by atoms with Gasteiger partial charge in [-0.25, -0.2) is 0 Å². The second-order valence-electron chi connectivity index (χ2n) is 13.8. The van der Waals surface area contributed by atoms with E-state index in [-0.39, 0.29) is 16.8 Å². The van der Waals surface area contributed by atoms with Crippen molar-refractivity contribution in [1.82, 2.24) is 0 Å². The van der Waals surface area contributed by atoms with Gasteiger partial charge in [-0.3, -0.25) is 9.98 Å². The SMILES string of the molecule is CC(=O)[O-].CC(=O)[O-].CC(C)Cc1cc(C=Nc2ccc(N=Cc3cc(CC(C)C)cc(CC(C)C)c3O)cc2)c(O)c(CC(C)C)c1.[Co+2]. The van der Waals surface area contributed by atoms with Crippen LogP contribution >= 0.6 is 0 Å². The number of rotatable bonds is 12. The maximum Gasteiger partial charge on any atom is 2.00 e. The van der Waals surface area contributed by atoms with E-state index in [4.69, 9.17) is 19.8 Å². The van der Waals surface area contributed by atoms with Crippen LogP contribution in [0, 0.1) is 23.7 Å². The van der Waals surface area contributed by atoms with Gasteiger partial charge in [0.25, 0.3) is 0 Å². The van der Waals surface area contributed by atoms with E-state index in [1.165, 1.54) is 11.1 Å². The van der Waals surface area contributed by atoms with E-state index in [0.717, 1.165) is 73.2 Å². The third-order valence-corrected chi connectivity index (χ3v) is 6.66. The fourth-order valence-corrected chi connectivity index (χ4v) is 5.05. The number of carboxylic acids is 2. The maximum absolute atomic E-state index is 10.9. The molecule has 0 spiro atoms. The number of phenolic OH excluding ortho intramolecular Hbond substituents is 2. The number of phenols is 2. The summed E-state index contributed by atoms with van der Waals surface area (Å²) in [5, 5.41) is 39.6. The molecular weight excluding hydrogens is 663 g/mol. The zero-order valence-corrected chi connectivity index (χ0v) is 31.7. The van der Waals surface area contributed by atoms with E-state index >= 15 is 0 Å². The van der Waals surface area contributed by atoms with Gasteiger partial charge in [-0.1, -0.05) is 67.5 Å². The van der Waals surface area contributed by atoms with Crippen LogP contribution in [0.3, 0.4) is 0 Å². The molecule has 3 rings (SSSR count). The minimum Gasteiger partial charge on any atom is -0.550 e. The molecule has 0 unspecified atom stereocenters. The molecule has 0 aliphatic carbocycles. The van der Waals surface area contributed by atoms with E-state index < -0.39 is 11.9 Å². The van der Waals surface area contributed by atoms with Gasteiger partial charge in [-0.15, -0.1) is 0 Å². The number of hydrogen-bond donors (Lipinski definition) is 2. The maximum atomic E-state index is 10.9. The average Bonchev–Trinajstić information content (AvgIpc) is 2.93. The van der Waals surface area contributed by atoms with Gasteiger partial charge in [0, 0.05) is 35.5 Å². The number of hydrogen-bond acceptors (Lipinski definition) is 8. The first-order valence-corrected chi connectivity index (χ1v) is 16.6. The number of benzene rings is 3. The van der Waals surface area contributed by atoms with Crippen molar-refractivity contribution in [2.45, 2.75) is 94.9 Å². The minimum absolute atomic E-state index is 0. The van der Waals surface area contributed by atoms with Crippen LogP contribution in [0.1, 0.15) is 103 Å². The first kappa shape index (κ1) is 45.0. The molecule has 0 aliphatic rings. The summed E-state index contributed by atoms with van der Waals surface area (Å²) >= 11 is 0. The predicted molar refractivity (Wildman–Crippen MR) is 193 cm³/mol. The molecule has 0 atom stereocenters. The molecule has 269 valence electrons. The van der Waals surface area contributed by atoms with Crippen LogP contribution in [0.5, 0.6) is 11.5 Å². The molecule has 9 heteroatoms. The summed E-state index contributed by atoms with van der Waals surface area (Å²) < 4.78 is 0. The van der Waals surface area contributed by atoms with Gasteiger partial charge < -0.3 is 30.0 Å². The Hall–Kier alpha value is -3.95. The predicted octanol–water partition coefficient (Wildman–Crippen LogP) is 6.90. The van der Waals surface area contributed by atoms with Crippen molar-refractivity contribution < 1.29 is 46.8 Å². The Morgan fingerprint density at radius 2 is 0.857 bits per heavy atom. The fraction of sp³-hybridized carbons (Fsp3) is 0.450. The number of aromatic hydroxyl groups is 2. The molecule has 0 saturated carbocycles. The molecular formula is C40H54CoN2O6. The van der Waals surface area contributed by atoms with Crippen LogP contribution in [0.15, 0.2) is 58.5 Å². The van der Waals surface area contributed by atoms with Crippen molar-refractivity contribution in [1.29, 1.82) is 0 Å². The number of aliphatic carboxylic acids is 2. The summed E-state index contributed by atoms with van der Waals surface area (Å²) in [7, 11) is 0. The number of aliphatic imine (C=N–C) groups is 2. The van der Waals surface area contributed by atoms with Gasteiger partial charge in [0.2, 0.25) is 0 Å². The van der Waals surface area contributed by atoms with Crippen LogP contribution in [-0.2, 0) is 52.1 Å². The molecule has 0 aromatic heterocycles. The molecule has 0 saturated heterocycles. The summed E-state index contributed by atoms with van der Waals surface area (Å²) in [4.78, 5) is 27.1. The molecule has 3 aromatic carbocycles. The summed E-state index contributed by atoms with van der Waals surface area (Å²) in [5.41, 5.74) is 7.51. The van der Waals surface area contributed by atoms with Crippen LogP contribution in [0.2, 0.25) is 0 Å². The third-order valence-electron chi connectivity index (χ3n) is 6.66. The van der Waals surface area contributed by atoms with E-state index in [1.807, 2.05) is 24.3 Å².